The van der Waals surface area contributed by atoms with Crippen LogP contribution in [0.5, 0.6) is 5.75 Å². The first-order chi connectivity index (χ1) is 14.5. The molecule has 2 aliphatic heterocycles. The van der Waals surface area contributed by atoms with Crippen molar-refractivity contribution in [3.8, 4) is 5.75 Å². The molecule has 0 radical (unpaired) electrons. The van der Waals surface area contributed by atoms with Crippen molar-refractivity contribution in [2.45, 2.75) is 38.8 Å². The van der Waals surface area contributed by atoms with Gasteiger partial charge in [-0.2, -0.15) is 0 Å². The third-order valence-corrected chi connectivity index (χ3v) is 6.03. The Balaban J connectivity index is 1.32. The van der Waals surface area contributed by atoms with Gasteiger partial charge in [-0.25, -0.2) is 4.79 Å². The number of amides is 3. The highest BCUT2D eigenvalue weighted by Gasteiger charge is 2.39. The number of ether oxygens (including phenoxy) is 1. The minimum absolute atomic E-state index is 0.00113. The largest absolute Gasteiger partial charge is 0.491 e. The Hall–Kier alpha value is -3.02. The van der Waals surface area contributed by atoms with Crippen molar-refractivity contribution in [1.82, 2.24) is 15.5 Å². The number of hydrogen-bond donors (Lipinski definition) is 2. The van der Waals surface area contributed by atoms with Crippen LogP contribution in [0, 0.1) is 5.41 Å². The van der Waals surface area contributed by atoms with E-state index < -0.39 is 5.41 Å². The molecule has 0 bridgehead atoms. The average molecular weight is 408 g/mol. The molecular weight excluding hydrogens is 378 g/mol. The van der Waals surface area contributed by atoms with Crippen molar-refractivity contribution in [3.05, 3.63) is 65.7 Å². The van der Waals surface area contributed by atoms with Crippen molar-refractivity contribution in [2.75, 3.05) is 19.7 Å². The number of piperidine rings is 1. The average Bonchev–Trinajstić information content (AvgIpc) is 2.78. The lowest BCUT2D eigenvalue weighted by atomic mass is 9.81. The summed E-state index contributed by atoms with van der Waals surface area (Å²) in [4.78, 5) is 27.6. The predicted molar refractivity (Wildman–Crippen MR) is 115 cm³/mol. The number of para-hydroxylation sites is 1. The molecule has 1 saturated heterocycles. The highest BCUT2D eigenvalue weighted by molar-refractivity contribution is 5.84. The summed E-state index contributed by atoms with van der Waals surface area (Å²) in [5, 5.41) is 6.14. The van der Waals surface area contributed by atoms with Gasteiger partial charge in [-0.15, -0.1) is 0 Å². The van der Waals surface area contributed by atoms with Gasteiger partial charge in [0.15, 0.2) is 0 Å². The Bertz CT molecular complexity index is 902. The van der Waals surface area contributed by atoms with Crippen molar-refractivity contribution in [2.24, 2.45) is 5.41 Å². The molecule has 2 unspecified atom stereocenters. The lowest BCUT2D eigenvalue weighted by Crippen LogP contribution is -2.56. The molecule has 0 aliphatic carbocycles. The Morgan fingerprint density at radius 1 is 1.13 bits per heavy atom. The summed E-state index contributed by atoms with van der Waals surface area (Å²) in [5.74, 6) is 0.891. The van der Waals surface area contributed by atoms with Crippen LogP contribution in [0.1, 0.15) is 30.9 Å². The number of carbonyl (C=O) groups is 2. The van der Waals surface area contributed by atoms with Crippen LogP contribution < -0.4 is 15.4 Å². The van der Waals surface area contributed by atoms with Gasteiger partial charge in [-0.3, -0.25) is 4.79 Å². The Labute approximate surface area is 177 Å². The van der Waals surface area contributed by atoms with E-state index in [4.69, 9.17) is 4.74 Å². The molecule has 2 aromatic carbocycles. The number of carbonyl (C=O) groups excluding carboxylic acids is 2. The fourth-order valence-electron chi connectivity index (χ4n) is 4.28. The standard InChI is InChI=1S/C24H29N3O3/c1-24(22(28)25-15-18-8-3-2-4-9-18)12-7-13-27(17-24)23(29)26-20-14-19-10-5-6-11-21(19)30-16-20/h2-6,8-11,20H,7,12-17H2,1H3,(H,25,28)(H,26,29). The predicted octanol–water partition coefficient (Wildman–Crippen LogP) is 3.12. The van der Waals surface area contributed by atoms with Crippen LogP contribution in [0.4, 0.5) is 4.79 Å². The third kappa shape index (κ3) is 4.58. The van der Waals surface area contributed by atoms with Gasteiger partial charge in [-0.1, -0.05) is 48.5 Å². The number of nitrogens with one attached hydrogen (secondary N) is 2. The minimum atomic E-state index is -0.583. The maximum atomic E-state index is 12.9. The van der Waals surface area contributed by atoms with E-state index >= 15 is 0 Å². The zero-order valence-electron chi connectivity index (χ0n) is 17.4. The number of likely N-dealkylation sites (tertiary alicyclic amines) is 1. The summed E-state index contributed by atoms with van der Waals surface area (Å²) < 4.78 is 5.78. The maximum absolute atomic E-state index is 12.9. The fourth-order valence-corrected chi connectivity index (χ4v) is 4.28. The van der Waals surface area contributed by atoms with Crippen molar-refractivity contribution < 1.29 is 14.3 Å². The van der Waals surface area contributed by atoms with Gasteiger partial charge < -0.3 is 20.3 Å². The second kappa shape index (κ2) is 8.78. The Morgan fingerprint density at radius 3 is 2.73 bits per heavy atom. The Kier molecular flexibility index (Phi) is 5.93. The van der Waals surface area contributed by atoms with Crippen molar-refractivity contribution in [1.29, 1.82) is 0 Å². The normalized spacial score (nSPS) is 23.1. The molecule has 0 saturated carbocycles. The van der Waals surface area contributed by atoms with Crippen LogP contribution in [-0.4, -0.2) is 42.6 Å². The number of urea groups is 1. The quantitative estimate of drug-likeness (QED) is 0.818. The number of hydrogen-bond acceptors (Lipinski definition) is 3. The highest BCUT2D eigenvalue weighted by Crippen LogP contribution is 2.30. The number of fused-ring (bicyclic) bond motifs is 1. The Morgan fingerprint density at radius 2 is 1.90 bits per heavy atom. The zero-order valence-corrected chi connectivity index (χ0v) is 17.4. The van der Waals surface area contributed by atoms with Crippen LogP contribution >= 0.6 is 0 Å². The van der Waals surface area contributed by atoms with Crippen LogP contribution in [0.25, 0.3) is 0 Å². The van der Waals surface area contributed by atoms with E-state index in [2.05, 4.69) is 10.6 Å². The number of nitrogens with zero attached hydrogens (tertiary/aromatic N) is 1. The first kappa shape index (κ1) is 20.3. The molecule has 2 atom stereocenters. The minimum Gasteiger partial charge on any atom is -0.491 e. The molecule has 2 aliphatic rings. The van der Waals surface area contributed by atoms with Crippen molar-refractivity contribution >= 4 is 11.9 Å². The van der Waals surface area contributed by atoms with E-state index in [0.29, 0.717) is 26.2 Å². The van der Waals surface area contributed by atoms with Gasteiger partial charge >= 0.3 is 6.03 Å². The van der Waals surface area contributed by atoms with Gasteiger partial charge in [0.2, 0.25) is 5.91 Å². The van der Waals surface area contributed by atoms with Gasteiger partial charge in [0.05, 0.1) is 11.5 Å². The van der Waals surface area contributed by atoms with E-state index in [1.807, 2.05) is 61.5 Å². The SMILES string of the molecule is CC1(C(=O)NCc2ccccc2)CCCN(C(=O)NC2COc3ccccc3C2)C1. The van der Waals surface area contributed by atoms with Crippen LogP contribution in [0.15, 0.2) is 54.6 Å². The monoisotopic (exact) mass is 407 g/mol. The van der Waals surface area contributed by atoms with Gasteiger partial charge in [0.25, 0.3) is 0 Å². The van der Waals surface area contributed by atoms with E-state index in [9.17, 15) is 9.59 Å². The molecule has 1 fully saturated rings. The summed E-state index contributed by atoms with van der Waals surface area (Å²) in [7, 11) is 0. The molecule has 6 heteroatoms. The molecule has 3 amide bonds. The molecular formula is C24H29N3O3. The molecule has 30 heavy (non-hydrogen) atoms. The van der Waals surface area contributed by atoms with Crippen LogP contribution in [-0.2, 0) is 17.8 Å². The molecule has 158 valence electrons. The van der Waals surface area contributed by atoms with Gasteiger partial charge in [-0.05, 0) is 43.4 Å². The van der Waals surface area contributed by atoms with Gasteiger partial charge in [0.1, 0.15) is 12.4 Å². The second-order valence-corrected chi connectivity index (χ2v) is 8.52. The van der Waals surface area contributed by atoms with E-state index in [1.54, 1.807) is 4.90 Å². The molecule has 0 aromatic heterocycles. The van der Waals surface area contributed by atoms with Crippen molar-refractivity contribution in [3.63, 3.8) is 0 Å². The second-order valence-electron chi connectivity index (χ2n) is 8.52. The molecule has 2 aromatic rings. The molecule has 2 N–H and O–H groups in total. The van der Waals surface area contributed by atoms with Crippen LogP contribution in [0.2, 0.25) is 0 Å². The summed E-state index contributed by atoms with van der Waals surface area (Å²) in [6.07, 6.45) is 2.34. The van der Waals surface area contributed by atoms with E-state index in [1.165, 1.54) is 0 Å². The smallest absolute Gasteiger partial charge is 0.317 e. The number of rotatable bonds is 4. The fraction of sp³-hybridized carbons (Fsp3) is 0.417. The summed E-state index contributed by atoms with van der Waals surface area (Å²) in [5.41, 5.74) is 1.59. The first-order valence-electron chi connectivity index (χ1n) is 10.6. The zero-order chi connectivity index (χ0) is 21.0. The molecule has 0 spiro atoms. The number of benzene rings is 2. The lowest BCUT2D eigenvalue weighted by Gasteiger charge is -2.40. The topological polar surface area (TPSA) is 70.7 Å². The van der Waals surface area contributed by atoms with E-state index in [-0.39, 0.29) is 18.0 Å². The summed E-state index contributed by atoms with van der Waals surface area (Å²) in [6.45, 7) is 4.00. The maximum Gasteiger partial charge on any atom is 0.317 e. The highest BCUT2D eigenvalue weighted by atomic mass is 16.5. The van der Waals surface area contributed by atoms with E-state index in [0.717, 1.165) is 36.1 Å². The third-order valence-electron chi connectivity index (χ3n) is 6.03. The summed E-state index contributed by atoms with van der Waals surface area (Å²) >= 11 is 0. The lowest BCUT2D eigenvalue weighted by molar-refractivity contribution is -0.132. The van der Waals surface area contributed by atoms with Gasteiger partial charge in [0, 0.05) is 19.6 Å². The molecule has 4 rings (SSSR count). The first-order valence-corrected chi connectivity index (χ1v) is 10.6. The molecule has 6 nitrogen and oxygen atoms in total. The van der Waals surface area contributed by atoms with Crippen LogP contribution in [0.3, 0.4) is 0 Å². The summed E-state index contributed by atoms with van der Waals surface area (Å²) in [6, 6.07) is 17.6. The molecule has 2 heterocycles.